The Morgan fingerprint density at radius 2 is 2.04 bits per heavy atom. The van der Waals surface area contributed by atoms with Crippen LogP contribution < -0.4 is 5.32 Å². The van der Waals surface area contributed by atoms with Crippen molar-refractivity contribution in [3.8, 4) is 0 Å². The van der Waals surface area contributed by atoms with E-state index < -0.39 is 18.1 Å². The molecule has 1 aromatic carbocycles. The van der Waals surface area contributed by atoms with E-state index >= 15 is 0 Å². The molecule has 0 spiro atoms. The summed E-state index contributed by atoms with van der Waals surface area (Å²) in [4.78, 5) is 31.3. The monoisotopic (exact) mass is 345 g/mol. The van der Waals surface area contributed by atoms with Crippen molar-refractivity contribution < 1.29 is 19.1 Å². The lowest BCUT2D eigenvalue weighted by Gasteiger charge is -2.15. The first kappa shape index (κ1) is 18.5. The Morgan fingerprint density at radius 3 is 2.72 bits per heavy atom. The molecule has 0 bridgehead atoms. The lowest BCUT2D eigenvalue weighted by molar-refractivity contribution is -0.143. The maximum atomic E-state index is 12.0. The van der Waals surface area contributed by atoms with Gasteiger partial charge in [-0.3, -0.25) is 0 Å². The number of hydrogen-bond donors (Lipinski definition) is 2. The van der Waals surface area contributed by atoms with Crippen molar-refractivity contribution in [3.05, 3.63) is 53.6 Å². The SMILES string of the molecule is CCCc1ncc(CC(NC(=O)OCc2ccccc2)C(=O)OC)[nH]1. The van der Waals surface area contributed by atoms with Crippen LogP contribution in [0.15, 0.2) is 36.5 Å². The molecule has 0 aliphatic rings. The van der Waals surface area contributed by atoms with Gasteiger partial charge in [-0.1, -0.05) is 37.3 Å². The van der Waals surface area contributed by atoms with Gasteiger partial charge in [-0.05, 0) is 12.0 Å². The lowest BCUT2D eigenvalue weighted by atomic mass is 10.1. The normalized spacial score (nSPS) is 11.6. The predicted molar refractivity (Wildman–Crippen MR) is 91.9 cm³/mol. The number of carbonyl (C=O) groups is 2. The van der Waals surface area contributed by atoms with Crippen molar-refractivity contribution in [1.82, 2.24) is 15.3 Å². The predicted octanol–water partition coefficient (Wildman–Crippen LogP) is 2.37. The van der Waals surface area contributed by atoms with E-state index in [9.17, 15) is 9.59 Å². The third kappa shape index (κ3) is 5.95. The molecule has 2 N–H and O–H groups in total. The standard InChI is InChI=1S/C18H23N3O4/c1-3-7-16-19-11-14(20-16)10-15(17(22)24-2)21-18(23)25-12-13-8-5-4-6-9-13/h4-6,8-9,11,15H,3,7,10,12H2,1-2H3,(H,19,20)(H,21,23). The number of carbonyl (C=O) groups excluding carboxylic acids is 2. The van der Waals surface area contributed by atoms with Crippen LogP contribution in [0, 0.1) is 0 Å². The lowest BCUT2D eigenvalue weighted by Crippen LogP contribution is -2.43. The summed E-state index contributed by atoms with van der Waals surface area (Å²) in [6, 6.07) is 8.47. The fraction of sp³-hybridized carbons (Fsp3) is 0.389. The second kappa shape index (κ2) is 9.46. The number of aromatic amines is 1. The molecule has 2 rings (SSSR count). The summed E-state index contributed by atoms with van der Waals surface area (Å²) in [5.41, 5.74) is 1.62. The van der Waals surface area contributed by atoms with Crippen molar-refractivity contribution in [1.29, 1.82) is 0 Å². The average molecular weight is 345 g/mol. The highest BCUT2D eigenvalue weighted by atomic mass is 16.6. The number of aryl methyl sites for hydroxylation is 1. The third-order valence-electron chi connectivity index (χ3n) is 3.58. The van der Waals surface area contributed by atoms with E-state index in [4.69, 9.17) is 9.47 Å². The zero-order valence-corrected chi connectivity index (χ0v) is 14.5. The number of methoxy groups -OCH3 is 1. The van der Waals surface area contributed by atoms with Gasteiger partial charge in [-0.25, -0.2) is 14.6 Å². The molecule has 0 radical (unpaired) electrons. The fourth-order valence-electron chi connectivity index (χ4n) is 2.34. The van der Waals surface area contributed by atoms with Gasteiger partial charge in [-0.2, -0.15) is 0 Å². The number of aromatic nitrogens is 2. The maximum absolute atomic E-state index is 12.0. The molecule has 1 unspecified atom stereocenters. The molecular formula is C18H23N3O4. The molecule has 0 saturated heterocycles. The van der Waals surface area contributed by atoms with Gasteiger partial charge in [0.05, 0.1) is 7.11 Å². The average Bonchev–Trinajstić information content (AvgIpc) is 3.07. The van der Waals surface area contributed by atoms with Crippen LogP contribution in [0.5, 0.6) is 0 Å². The van der Waals surface area contributed by atoms with Crippen LogP contribution in [0.25, 0.3) is 0 Å². The molecule has 1 heterocycles. The first-order chi connectivity index (χ1) is 12.1. The summed E-state index contributed by atoms with van der Waals surface area (Å²) in [7, 11) is 1.28. The first-order valence-electron chi connectivity index (χ1n) is 8.20. The summed E-state index contributed by atoms with van der Waals surface area (Å²) in [6.45, 7) is 2.19. The molecule has 7 nitrogen and oxygen atoms in total. The summed E-state index contributed by atoms with van der Waals surface area (Å²) in [6.07, 6.45) is 3.04. The quantitative estimate of drug-likeness (QED) is 0.717. The van der Waals surface area contributed by atoms with Crippen LogP contribution in [0.2, 0.25) is 0 Å². The molecule has 25 heavy (non-hydrogen) atoms. The van der Waals surface area contributed by atoms with E-state index in [2.05, 4.69) is 22.2 Å². The van der Waals surface area contributed by atoms with Gasteiger partial charge >= 0.3 is 12.1 Å². The van der Waals surface area contributed by atoms with Crippen molar-refractivity contribution in [2.75, 3.05) is 7.11 Å². The zero-order valence-electron chi connectivity index (χ0n) is 14.5. The summed E-state index contributed by atoms with van der Waals surface area (Å²) >= 11 is 0. The maximum Gasteiger partial charge on any atom is 0.408 e. The number of nitrogens with zero attached hydrogens (tertiary/aromatic N) is 1. The van der Waals surface area contributed by atoms with Gasteiger partial charge in [0.2, 0.25) is 0 Å². The highest BCUT2D eigenvalue weighted by Crippen LogP contribution is 2.06. The van der Waals surface area contributed by atoms with E-state index in [0.717, 1.165) is 29.9 Å². The highest BCUT2D eigenvalue weighted by Gasteiger charge is 2.23. The minimum atomic E-state index is -0.844. The number of alkyl carbamates (subject to hydrolysis) is 1. The number of hydrogen-bond acceptors (Lipinski definition) is 5. The molecule has 1 amide bonds. The molecule has 1 aromatic heterocycles. The van der Waals surface area contributed by atoms with Crippen LogP contribution in [-0.2, 0) is 33.7 Å². The van der Waals surface area contributed by atoms with Crippen molar-refractivity contribution in [3.63, 3.8) is 0 Å². The molecule has 7 heteroatoms. The topological polar surface area (TPSA) is 93.3 Å². The first-order valence-corrected chi connectivity index (χ1v) is 8.20. The van der Waals surface area contributed by atoms with Crippen molar-refractivity contribution in [2.24, 2.45) is 0 Å². The summed E-state index contributed by atoms with van der Waals surface area (Å²) in [5.74, 6) is 0.316. The van der Waals surface area contributed by atoms with E-state index in [0.29, 0.717) is 0 Å². The van der Waals surface area contributed by atoms with Crippen LogP contribution in [0.3, 0.4) is 0 Å². The molecular weight excluding hydrogens is 322 g/mol. The molecule has 0 aliphatic heterocycles. The minimum absolute atomic E-state index is 0.130. The van der Waals surface area contributed by atoms with Gasteiger partial charge in [0, 0.05) is 24.7 Å². The second-order valence-electron chi connectivity index (χ2n) is 5.59. The number of rotatable bonds is 8. The summed E-state index contributed by atoms with van der Waals surface area (Å²) < 4.78 is 9.91. The minimum Gasteiger partial charge on any atom is -0.467 e. The Kier molecular flexibility index (Phi) is 7.00. The van der Waals surface area contributed by atoms with Crippen LogP contribution in [-0.4, -0.2) is 35.2 Å². The van der Waals surface area contributed by atoms with Gasteiger partial charge in [0.1, 0.15) is 18.5 Å². The number of esters is 1. The van der Waals surface area contributed by atoms with Crippen molar-refractivity contribution in [2.45, 2.75) is 38.8 Å². The molecule has 1 atom stereocenters. The summed E-state index contributed by atoms with van der Waals surface area (Å²) in [5, 5.41) is 2.54. The van der Waals surface area contributed by atoms with Gasteiger partial charge in [-0.15, -0.1) is 0 Å². The van der Waals surface area contributed by atoms with Gasteiger partial charge in [0.15, 0.2) is 0 Å². The molecule has 0 fully saturated rings. The highest BCUT2D eigenvalue weighted by molar-refractivity contribution is 5.81. The number of imidazole rings is 1. The molecule has 134 valence electrons. The van der Waals surface area contributed by atoms with Crippen LogP contribution in [0.4, 0.5) is 4.79 Å². The van der Waals surface area contributed by atoms with Gasteiger partial charge in [0.25, 0.3) is 0 Å². The smallest absolute Gasteiger partial charge is 0.408 e. The Bertz CT molecular complexity index is 685. The van der Waals surface area contributed by atoms with Crippen LogP contribution in [0.1, 0.15) is 30.4 Å². The largest absolute Gasteiger partial charge is 0.467 e. The number of H-pyrrole nitrogens is 1. The van der Waals surface area contributed by atoms with Gasteiger partial charge < -0.3 is 19.8 Å². The Labute approximate surface area is 146 Å². The number of nitrogens with one attached hydrogen (secondary N) is 2. The Hall–Kier alpha value is -2.83. The number of benzene rings is 1. The molecule has 2 aromatic rings. The molecule has 0 aliphatic carbocycles. The van der Waals surface area contributed by atoms with Crippen molar-refractivity contribution >= 4 is 12.1 Å². The third-order valence-corrected chi connectivity index (χ3v) is 3.58. The van der Waals surface area contributed by atoms with Crippen LogP contribution >= 0.6 is 0 Å². The van der Waals surface area contributed by atoms with E-state index in [1.165, 1.54) is 7.11 Å². The molecule has 0 saturated carbocycles. The second-order valence-corrected chi connectivity index (χ2v) is 5.59. The van der Waals surface area contributed by atoms with E-state index in [1.54, 1.807) is 6.20 Å². The Balaban J connectivity index is 1.92. The number of amides is 1. The fourth-order valence-corrected chi connectivity index (χ4v) is 2.34. The van der Waals surface area contributed by atoms with E-state index in [1.807, 2.05) is 30.3 Å². The number of ether oxygens (including phenoxy) is 2. The zero-order chi connectivity index (χ0) is 18.1. The van der Waals surface area contributed by atoms with E-state index in [-0.39, 0.29) is 13.0 Å². The Morgan fingerprint density at radius 1 is 1.28 bits per heavy atom.